The molecule has 0 aromatic carbocycles. The molecule has 0 aromatic heterocycles. The van der Waals surface area contributed by atoms with Crippen molar-refractivity contribution in [2.75, 3.05) is 0 Å². The van der Waals surface area contributed by atoms with Crippen molar-refractivity contribution < 1.29 is 0 Å². The average molecular weight is 152 g/mol. The summed E-state index contributed by atoms with van der Waals surface area (Å²) in [5.41, 5.74) is 0. The van der Waals surface area contributed by atoms with E-state index in [0.717, 1.165) is 17.8 Å². The Morgan fingerprint density at radius 1 is 1.55 bits per heavy atom. The normalized spacial score (nSPS) is 33.7. The lowest BCUT2D eigenvalue weighted by molar-refractivity contribution is 0.325. The van der Waals surface area contributed by atoms with E-state index < -0.39 is 0 Å². The Morgan fingerprint density at radius 2 is 2.27 bits per heavy atom. The van der Waals surface area contributed by atoms with Crippen LogP contribution >= 0.6 is 0 Å². The Morgan fingerprint density at radius 3 is 2.82 bits per heavy atom. The second kappa shape index (κ2) is 3.94. The van der Waals surface area contributed by atoms with Crippen LogP contribution in [0.1, 0.15) is 40.0 Å². The molecule has 1 aliphatic rings. The van der Waals surface area contributed by atoms with E-state index >= 15 is 0 Å². The second-order valence-corrected chi connectivity index (χ2v) is 4.05. The maximum absolute atomic E-state index is 2.42. The van der Waals surface area contributed by atoms with E-state index in [2.05, 4.69) is 32.9 Å². The summed E-state index contributed by atoms with van der Waals surface area (Å²) in [6, 6.07) is 0. The second-order valence-electron chi connectivity index (χ2n) is 4.05. The lowest BCUT2D eigenvalue weighted by Gasteiger charge is -2.26. The van der Waals surface area contributed by atoms with Crippen LogP contribution in [0.5, 0.6) is 0 Å². The molecule has 0 heteroatoms. The first kappa shape index (κ1) is 8.83. The smallest absolute Gasteiger partial charge is 0.0205 e. The fourth-order valence-electron chi connectivity index (χ4n) is 1.85. The van der Waals surface area contributed by atoms with Crippen molar-refractivity contribution in [3.63, 3.8) is 0 Å². The van der Waals surface area contributed by atoms with Crippen LogP contribution in [-0.2, 0) is 0 Å². The molecule has 0 saturated heterocycles. The van der Waals surface area contributed by atoms with E-state index in [-0.39, 0.29) is 0 Å². The fourth-order valence-corrected chi connectivity index (χ4v) is 1.85. The van der Waals surface area contributed by atoms with Crippen molar-refractivity contribution in [1.82, 2.24) is 0 Å². The third-order valence-corrected chi connectivity index (χ3v) is 2.97. The van der Waals surface area contributed by atoms with E-state index in [9.17, 15) is 0 Å². The van der Waals surface area contributed by atoms with Gasteiger partial charge in [-0.2, -0.15) is 0 Å². The van der Waals surface area contributed by atoms with Crippen molar-refractivity contribution in [2.24, 2.45) is 17.8 Å². The maximum Gasteiger partial charge on any atom is -0.0205 e. The molecule has 11 heavy (non-hydrogen) atoms. The van der Waals surface area contributed by atoms with Gasteiger partial charge < -0.3 is 0 Å². The van der Waals surface area contributed by atoms with E-state index in [1.165, 1.54) is 19.3 Å². The summed E-state index contributed by atoms with van der Waals surface area (Å²) < 4.78 is 0. The molecule has 0 spiro atoms. The van der Waals surface area contributed by atoms with Crippen LogP contribution < -0.4 is 0 Å². The van der Waals surface area contributed by atoms with Gasteiger partial charge in [0.1, 0.15) is 0 Å². The molecule has 0 aliphatic heterocycles. The molecule has 1 rings (SSSR count). The van der Waals surface area contributed by atoms with Crippen LogP contribution in [0.15, 0.2) is 12.2 Å². The van der Waals surface area contributed by atoms with E-state index in [0.29, 0.717) is 0 Å². The number of allylic oxidation sites excluding steroid dienone is 2. The zero-order valence-corrected chi connectivity index (χ0v) is 8.01. The third-order valence-electron chi connectivity index (χ3n) is 2.97. The lowest BCUT2D eigenvalue weighted by atomic mass is 9.80. The van der Waals surface area contributed by atoms with Gasteiger partial charge in [-0.25, -0.2) is 0 Å². The summed E-state index contributed by atoms with van der Waals surface area (Å²) in [7, 11) is 0. The molecule has 0 saturated carbocycles. The third kappa shape index (κ3) is 2.36. The molecule has 64 valence electrons. The first-order valence-corrected chi connectivity index (χ1v) is 4.90. The van der Waals surface area contributed by atoms with Crippen LogP contribution in [0.2, 0.25) is 0 Å². The Labute approximate surface area is 70.7 Å². The Bertz CT molecular complexity index is 135. The SMILES string of the molecule is CCC(C)C1C=CCC(C)C1. The van der Waals surface area contributed by atoms with Gasteiger partial charge in [0.15, 0.2) is 0 Å². The molecule has 0 bridgehead atoms. The minimum atomic E-state index is 0.865. The molecule has 0 N–H and O–H groups in total. The standard InChI is InChI=1S/C11H20/c1-4-10(3)11-7-5-6-9(2)8-11/h5,7,9-11H,4,6,8H2,1-3H3. The summed E-state index contributed by atoms with van der Waals surface area (Å²) in [6.45, 7) is 7.02. The van der Waals surface area contributed by atoms with Crippen LogP contribution in [0, 0.1) is 17.8 Å². The number of rotatable bonds is 2. The van der Waals surface area contributed by atoms with Crippen molar-refractivity contribution >= 4 is 0 Å². The highest BCUT2D eigenvalue weighted by atomic mass is 14.2. The lowest BCUT2D eigenvalue weighted by Crippen LogP contribution is -2.15. The topological polar surface area (TPSA) is 0 Å². The van der Waals surface area contributed by atoms with Gasteiger partial charge in [-0.05, 0) is 30.6 Å². The highest BCUT2D eigenvalue weighted by molar-refractivity contribution is 4.96. The van der Waals surface area contributed by atoms with Gasteiger partial charge in [-0.15, -0.1) is 0 Å². The van der Waals surface area contributed by atoms with Crippen LogP contribution in [-0.4, -0.2) is 0 Å². The number of hydrogen-bond donors (Lipinski definition) is 0. The Balaban J connectivity index is 2.45. The predicted molar refractivity (Wildman–Crippen MR) is 50.5 cm³/mol. The minimum Gasteiger partial charge on any atom is -0.0880 e. The summed E-state index contributed by atoms with van der Waals surface area (Å²) in [4.78, 5) is 0. The summed E-state index contributed by atoms with van der Waals surface area (Å²) in [6.07, 6.45) is 8.82. The Hall–Kier alpha value is -0.260. The highest BCUT2D eigenvalue weighted by Gasteiger charge is 2.18. The van der Waals surface area contributed by atoms with Crippen molar-refractivity contribution in [2.45, 2.75) is 40.0 Å². The molecule has 3 atom stereocenters. The first-order chi connectivity index (χ1) is 5.24. The molecule has 0 amide bonds. The highest BCUT2D eigenvalue weighted by Crippen LogP contribution is 2.29. The van der Waals surface area contributed by atoms with Crippen molar-refractivity contribution in [1.29, 1.82) is 0 Å². The molecule has 0 radical (unpaired) electrons. The van der Waals surface area contributed by atoms with Crippen LogP contribution in [0.4, 0.5) is 0 Å². The van der Waals surface area contributed by atoms with Gasteiger partial charge in [0.2, 0.25) is 0 Å². The molecule has 0 fully saturated rings. The van der Waals surface area contributed by atoms with Gasteiger partial charge in [0.05, 0.1) is 0 Å². The van der Waals surface area contributed by atoms with Gasteiger partial charge in [0, 0.05) is 0 Å². The monoisotopic (exact) mass is 152 g/mol. The van der Waals surface area contributed by atoms with Crippen LogP contribution in [0.25, 0.3) is 0 Å². The molecule has 0 aromatic rings. The molecule has 0 heterocycles. The first-order valence-electron chi connectivity index (χ1n) is 4.90. The van der Waals surface area contributed by atoms with E-state index in [4.69, 9.17) is 0 Å². The molecular formula is C11H20. The quantitative estimate of drug-likeness (QED) is 0.530. The predicted octanol–water partition coefficient (Wildman–Crippen LogP) is 3.63. The van der Waals surface area contributed by atoms with Gasteiger partial charge in [-0.3, -0.25) is 0 Å². The molecular weight excluding hydrogens is 132 g/mol. The molecule has 1 aliphatic carbocycles. The average Bonchev–Trinajstić information content (AvgIpc) is 2.03. The van der Waals surface area contributed by atoms with Crippen molar-refractivity contribution in [3.05, 3.63) is 12.2 Å². The van der Waals surface area contributed by atoms with E-state index in [1.54, 1.807) is 0 Å². The fraction of sp³-hybridized carbons (Fsp3) is 0.818. The van der Waals surface area contributed by atoms with Gasteiger partial charge >= 0.3 is 0 Å². The van der Waals surface area contributed by atoms with Crippen LogP contribution in [0.3, 0.4) is 0 Å². The van der Waals surface area contributed by atoms with E-state index in [1.807, 2.05) is 0 Å². The number of hydrogen-bond acceptors (Lipinski definition) is 0. The molecule has 3 unspecified atom stereocenters. The summed E-state index contributed by atoms with van der Waals surface area (Å²) >= 11 is 0. The largest absolute Gasteiger partial charge is 0.0880 e. The maximum atomic E-state index is 2.42. The molecule has 0 nitrogen and oxygen atoms in total. The van der Waals surface area contributed by atoms with Gasteiger partial charge in [0.25, 0.3) is 0 Å². The summed E-state index contributed by atoms with van der Waals surface area (Å²) in [5.74, 6) is 2.66. The van der Waals surface area contributed by atoms with Crippen molar-refractivity contribution in [3.8, 4) is 0 Å². The summed E-state index contributed by atoms with van der Waals surface area (Å²) in [5, 5.41) is 0. The van der Waals surface area contributed by atoms with Gasteiger partial charge in [-0.1, -0.05) is 39.3 Å². The zero-order valence-electron chi connectivity index (χ0n) is 8.01. The zero-order chi connectivity index (χ0) is 8.27. The minimum absolute atomic E-state index is 0.865. The Kier molecular flexibility index (Phi) is 3.16.